The lowest BCUT2D eigenvalue weighted by Crippen LogP contribution is -1.89. The molecule has 0 fully saturated rings. The Hall–Kier alpha value is -1.44. The van der Waals surface area contributed by atoms with Gasteiger partial charge >= 0.3 is 0 Å². The van der Waals surface area contributed by atoms with Crippen molar-refractivity contribution in [3.63, 3.8) is 0 Å². The molecule has 0 unspecified atom stereocenters. The predicted octanol–water partition coefficient (Wildman–Crippen LogP) is 1.73. The Morgan fingerprint density at radius 3 is 2.45 bits per heavy atom. The normalized spacial score (nSPS) is 10.3. The van der Waals surface area contributed by atoms with E-state index in [0.29, 0.717) is 0 Å². The van der Waals surface area contributed by atoms with Crippen molar-refractivity contribution in [2.45, 2.75) is 0 Å². The summed E-state index contributed by atoms with van der Waals surface area (Å²) in [5.41, 5.74) is 1.89. The van der Waals surface area contributed by atoms with Crippen molar-refractivity contribution < 1.29 is 0 Å². The zero-order chi connectivity index (χ0) is 8.10. The van der Waals surface area contributed by atoms with E-state index in [1.807, 2.05) is 24.3 Å². The number of hydrogen-bond acceptors (Lipinski definition) is 2. The van der Waals surface area contributed by atoms with Crippen LogP contribution in [0.15, 0.2) is 29.3 Å². The Balaban J connectivity index is 3.11. The predicted molar refractivity (Wildman–Crippen MR) is 47.8 cm³/mol. The third-order valence-electron chi connectivity index (χ3n) is 1.42. The van der Waals surface area contributed by atoms with Gasteiger partial charge in [-0.2, -0.15) is 0 Å². The van der Waals surface area contributed by atoms with E-state index in [4.69, 9.17) is 5.41 Å². The van der Waals surface area contributed by atoms with E-state index in [2.05, 4.69) is 4.99 Å². The van der Waals surface area contributed by atoms with Crippen LogP contribution < -0.4 is 0 Å². The molecule has 0 atom stereocenters. The van der Waals surface area contributed by atoms with Crippen LogP contribution in [-0.2, 0) is 0 Å². The van der Waals surface area contributed by atoms with Crippen molar-refractivity contribution >= 4 is 12.4 Å². The monoisotopic (exact) mass is 146 g/mol. The molecule has 0 saturated heterocycles. The summed E-state index contributed by atoms with van der Waals surface area (Å²) in [6.45, 7) is 0. The van der Waals surface area contributed by atoms with Gasteiger partial charge in [-0.15, -0.1) is 0 Å². The van der Waals surface area contributed by atoms with E-state index in [1.54, 1.807) is 13.3 Å². The first-order valence-corrected chi connectivity index (χ1v) is 3.40. The van der Waals surface area contributed by atoms with Crippen molar-refractivity contribution in [1.29, 1.82) is 5.41 Å². The average Bonchev–Trinajstić information content (AvgIpc) is 2.06. The maximum atomic E-state index is 7.08. The van der Waals surface area contributed by atoms with Crippen LogP contribution in [0.5, 0.6) is 0 Å². The van der Waals surface area contributed by atoms with Crippen molar-refractivity contribution in [2.24, 2.45) is 4.99 Å². The molecule has 11 heavy (non-hydrogen) atoms. The van der Waals surface area contributed by atoms with Crippen LogP contribution in [-0.4, -0.2) is 19.5 Å². The van der Waals surface area contributed by atoms with Crippen LogP contribution >= 0.6 is 0 Å². The van der Waals surface area contributed by atoms with E-state index in [0.717, 1.165) is 11.1 Å². The van der Waals surface area contributed by atoms with E-state index in [9.17, 15) is 0 Å². The van der Waals surface area contributed by atoms with Gasteiger partial charge in [0.25, 0.3) is 0 Å². The summed E-state index contributed by atoms with van der Waals surface area (Å²) in [4.78, 5) is 3.89. The molecule has 56 valence electrons. The molecule has 1 N–H and O–H groups in total. The second-order valence-electron chi connectivity index (χ2n) is 2.16. The molecule has 2 nitrogen and oxygen atoms in total. The second-order valence-corrected chi connectivity index (χ2v) is 2.16. The van der Waals surface area contributed by atoms with Gasteiger partial charge in [0.1, 0.15) is 0 Å². The molecule has 0 radical (unpaired) electrons. The largest absolute Gasteiger partial charge is 0.308 e. The van der Waals surface area contributed by atoms with Gasteiger partial charge in [-0.1, -0.05) is 24.3 Å². The topological polar surface area (TPSA) is 36.2 Å². The standard InChI is InChI=1S/C9H10N2/c1-11-7-9-5-3-2-4-8(9)6-10/h2-7,10H,1H3. The minimum Gasteiger partial charge on any atom is -0.308 e. The summed E-state index contributed by atoms with van der Waals surface area (Å²) >= 11 is 0. The van der Waals surface area contributed by atoms with E-state index in [1.165, 1.54) is 6.21 Å². The summed E-state index contributed by atoms with van der Waals surface area (Å²) in [5, 5.41) is 7.08. The molecule has 1 rings (SSSR count). The highest BCUT2D eigenvalue weighted by atomic mass is 14.6. The van der Waals surface area contributed by atoms with Gasteiger partial charge in [0, 0.05) is 30.6 Å². The van der Waals surface area contributed by atoms with Gasteiger partial charge in [0.15, 0.2) is 0 Å². The van der Waals surface area contributed by atoms with Gasteiger partial charge < -0.3 is 5.41 Å². The highest BCUT2D eigenvalue weighted by Crippen LogP contribution is 2.02. The van der Waals surface area contributed by atoms with Gasteiger partial charge in [-0.3, -0.25) is 4.99 Å². The highest BCUT2D eigenvalue weighted by Gasteiger charge is 1.92. The first-order chi connectivity index (χ1) is 5.38. The molecule has 0 spiro atoms. The molecule has 0 aliphatic heterocycles. The molecule has 0 aromatic heterocycles. The molecule has 1 aromatic rings. The van der Waals surface area contributed by atoms with Crippen molar-refractivity contribution in [1.82, 2.24) is 0 Å². The molecule has 1 aromatic carbocycles. The van der Waals surface area contributed by atoms with Crippen molar-refractivity contribution in [3.05, 3.63) is 35.4 Å². The smallest absolute Gasteiger partial charge is 0.0287 e. The van der Waals surface area contributed by atoms with Crippen LogP contribution in [0.3, 0.4) is 0 Å². The van der Waals surface area contributed by atoms with Crippen LogP contribution in [0.2, 0.25) is 0 Å². The number of hydrogen-bond donors (Lipinski definition) is 1. The maximum Gasteiger partial charge on any atom is 0.0287 e. The maximum absolute atomic E-state index is 7.08. The summed E-state index contributed by atoms with van der Waals surface area (Å²) in [5.74, 6) is 0. The zero-order valence-corrected chi connectivity index (χ0v) is 6.41. The third kappa shape index (κ3) is 1.74. The Morgan fingerprint density at radius 1 is 1.27 bits per heavy atom. The Labute approximate surface area is 66.1 Å². The number of nitrogens with one attached hydrogen (secondary N) is 1. The second kappa shape index (κ2) is 3.66. The molecule has 0 aliphatic rings. The summed E-state index contributed by atoms with van der Waals surface area (Å²) in [7, 11) is 1.72. The first-order valence-electron chi connectivity index (χ1n) is 3.40. The lowest BCUT2D eigenvalue weighted by molar-refractivity contribution is 1.45. The Kier molecular flexibility index (Phi) is 2.55. The lowest BCUT2D eigenvalue weighted by atomic mass is 10.1. The molecule has 0 amide bonds. The first kappa shape index (κ1) is 7.66. The van der Waals surface area contributed by atoms with Gasteiger partial charge in [-0.25, -0.2) is 0 Å². The van der Waals surface area contributed by atoms with E-state index in [-0.39, 0.29) is 0 Å². The highest BCUT2D eigenvalue weighted by molar-refractivity contribution is 5.92. The fraction of sp³-hybridized carbons (Fsp3) is 0.111. The summed E-state index contributed by atoms with van der Waals surface area (Å²) in [6.07, 6.45) is 3.08. The minimum absolute atomic E-state index is 0.901. The van der Waals surface area contributed by atoms with E-state index < -0.39 is 0 Å². The van der Waals surface area contributed by atoms with Crippen LogP contribution in [0.25, 0.3) is 0 Å². The van der Waals surface area contributed by atoms with Gasteiger partial charge in [0.2, 0.25) is 0 Å². The molecule has 2 heteroatoms. The molecule has 0 bridgehead atoms. The number of rotatable bonds is 2. The molecule has 0 saturated carbocycles. The van der Waals surface area contributed by atoms with Crippen LogP contribution in [0.4, 0.5) is 0 Å². The average molecular weight is 146 g/mol. The fourth-order valence-corrected chi connectivity index (χ4v) is 0.899. The number of nitrogens with zero attached hydrogens (tertiary/aromatic N) is 1. The van der Waals surface area contributed by atoms with E-state index >= 15 is 0 Å². The quantitative estimate of drug-likeness (QED) is 0.617. The number of benzene rings is 1. The molecular weight excluding hydrogens is 136 g/mol. The zero-order valence-electron chi connectivity index (χ0n) is 6.41. The lowest BCUT2D eigenvalue weighted by Gasteiger charge is -1.95. The van der Waals surface area contributed by atoms with Gasteiger partial charge in [0.05, 0.1) is 0 Å². The Morgan fingerprint density at radius 2 is 1.91 bits per heavy atom. The van der Waals surface area contributed by atoms with Crippen molar-refractivity contribution in [2.75, 3.05) is 7.05 Å². The SMILES string of the molecule is CN=Cc1ccccc1C=N. The summed E-state index contributed by atoms with van der Waals surface area (Å²) in [6, 6.07) is 7.68. The minimum atomic E-state index is 0.901. The number of aliphatic imine (C=N–C) groups is 1. The molecular formula is C9H10N2. The fourth-order valence-electron chi connectivity index (χ4n) is 0.899. The van der Waals surface area contributed by atoms with Gasteiger partial charge in [-0.05, 0) is 0 Å². The van der Waals surface area contributed by atoms with Crippen LogP contribution in [0, 0.1) is 5.41 Å². The Bertz CT molecular complexity index is 277. The molecule has 0 heterocycles. The summed E-state index contributed by atoms with van der Waals surface area (Å²) < 4.78 is 0. The third-order valence-corrected chi connectivity index (χ3v) is 1.42. The molecule has 0 aliphatic carbocycles. The van der Waals surface area contributed by atoms with Crippen LogP contribution in [0.1, 0.15) is 11.1 Å². The van der Waals surface area contributed by atoms with Crippen molar-refractivity contribution in [3.8, 4) is 0 Å².